The van der Waals surface area contributed by atoms with Crippen LogP contribution in [0.3, 0.4) is 0 Å². The van der Waals surface area contributed by atoms with Gasteiger partial charge in [-0.2, -0.15) is 0 Å². The van der Waals surface area contributed by atoms with Crippen LogP contribution in [-0.2, 0) is 11.2 Å². The number of aryl methyl sites for hydroxylation is 1. The van der Waals surface area contributed by atoms with E-state index in [0.717, 1.165) is 38.2 Å². The van der Waals surface area contributed by atoms with Crippen LogP contribution in [0.5, 0.6) is 0 Å². The third-order valence-corrected chi connectivity index (χ3v) is 3.60. The minimum absolute atomic E-state index is 0.0706. The second-order valence-corrected chi connectivity index (χ2v) is 5.42. The van der Waals surface area contributed by atoms with Gasteiger partial charge in [-0.3, -0.25) is 0 Å². The van der Waals surface area contributed by atoms with Gasteiger partial charge in [0.2, 0.25) is 0 Å². The Bertz CT molecular complexity index is 355. The summed E-state index contributed by atoms with van der Waals surface area (Å²) in [6.07, 6.45) is 4.63. The van der Waals surface area contributed by atoms with Crippen molar-refractivity contribution in [1.29, 1.82) is 0 Å². The molecule has 1 heterocycles. The fraction of sp³-hybridized carbons (Fsp3) is 0.600. The lowest BCUT2D eigenvalue weighted by Crippen LogP contribution is -2.37. The van der Waals surface area contributed by atoms with Crippen LogP contribution in [0, 0.1) is 0 Å². The van der Waals surface area contributed by atoms with Gasteiger partial charge in [0.05, 0.1) is 5.60 Å². The predicted octanol–water partition coefficient (Wildman–Crippen LogP) is 2.36. The standard InChI is InChI=1S/C15H24N2O/c1-15(9-3-11-18-15)12-17-10-2-4-13-5-7-14(16)8-6-13/h5-8,17H,2-4,9-12,16H2,1H3. The molecule has 18 heavy (non-hydrogen) atoms. The summed E-state index contributed by atoms with van der Waals surface area (Å²) in [7, 11) is 0. The van der Waals surface area contributed by atoms with Gasteiger partial charge in [-0.05, 0) is 56.8 Å². The van der Waals surface area contributed by atoms with Crippen LogP contribution in [0.2, 0.25) is 0 Å². The van der Waals surface area contributed by atoms with Crippen LogP contribution in [0.15, 0.2) is 24.3 Å². The molecule has 1 aliphatic heterocycles. The highest BCUT2D eigenvalue weighted by Gasteiger charge is 2.28. The van der Waals surface area contributed by atoms with Crippen LogP contribution >= 0.6 is 0 Å². The molecule has 1 unspecified atom stereocenters. The molecule has 1 fully saturated rings. The molecule has 1 saturated heterocycles. The van der Waals surface area contributed by atoms with Crippen molar-refractivity contribution < 1.29 is 4.74 Å². The number of rotatable bonds is 6. The second-order valence-electron chi connectivity index (χ2n) is 5.42. The second kappa shape index (κ2) is 6.21. The van der Waals surface area contributed by atoms with Crippen LogP contribution < -0.4 is 11.1 Å². The average Bonchev–Trinajstić information content (AvgIpc) is 2.78. The van der Waals surface area contributed by atoms with Crippen LogP contribution in [0.25, 0.3) is 0 Å². The van der Waals surface area contributed by atoms with Gasteiger partial charge in [-0.1, -0.05) is 12.1 Å². The maximum atomic E-state index is 5.74. The minimum atomic E-state index is 0.0706. The number of nitrogens with one attached hydrogen (secondary N) is 1. The lowest BCUT2D eigenvalue weighted by molar-refractivity contribution is 0.0210. The van der Waals surface area contributed by atoms with Gasteiger partial charge >= 0.3 is 0 Å². The van der Waals surface area contributed by atoms with Gasteiger partial charge in [0, 0.05) is 18.8 Å². The fourth-order valence-electron chi connectivity index (χ4n) is 2.43. The predicted molar refractivity (Wildman–Crippen MR) is 75.6 cm³/mol. The number of benzene rings is 1. The minimum Gasteiger partial charge on any atom is -0.399 e. The Morgan fingerprint density at radius 3 is 2.78 bits per heavy atom. The summed E-state index contributed by atoms with van der Waals surface area (Å²) in [4.78, 5) is 0. The molecule has 0 bridgehead atoms. The largest absolute Gasteiger partial charge is 0.399 e. The molecule has 2 rings (SSSR count). The number of ether oxygens (including phenoxy) is 1. The van der Waals surface area contributed by atoms with E-state index in [1.807, 2.05) is 12.1 Å². The Labute approximate surface area is 110 Å². The maximum Gasteiger partial charge on any atom is 0.0779 e. The molecule has 3 nitrogen and oxygen atoms in total. The van der Waals surface area contributed by atoms with Crippen molar-refractivity contribution in [2.45, 2.75) is 38.2 Å². The Morgan fingerprint density at radius 2 is 2.11 bits per heavy atom. The highest BCUT2D eigenvalue weighted by Crippen LogP contribution is 2.23. The van der Waals surface area contributed by atoms with E-state index in [1.165, 1.54) is 18.4 Å². The summed E-state index contributed by atoms with van der Waals surface area (Å²) >= 11 is 0. The van der Waals surface area contributed by atoms with Crippen molar-refractivity contribution in [2.75, 3.05) is 25.4 Å². The third kappa shape index (κ3) is 4.00. The molecule has 3 N–H and O–H groups in total. The van der Waals surface area contributed by atoms with Crippen LogP contribution in [0.1, 0.15) is 31.7 Å². The summed E-state index contributed by atoms with van der Waals surface area (Å²) < 4.78 is 5.74. The lowest BCUT2D eigenvalue weighted by atomic mass is 10.0. The SMILES string of the molecule is CC1(CNCCCc2ccc(N)cc2)CCCO1. The molecule has 0 saturated carbocycles. The van der Waals surface area contributed by atoms with Crippen molar-refractivity contribution in [2.24, 2.45) is 0 Å². The molecule has 3 heteroatoms. The average molecular weight is 248 g/mol. The van der Waals surface area contributed by atoms with E-state index in [9.17, 15) is 0 Å². The van der Waals surface area contributed by atoms with Crippen molar-refractivity contribution in [1.82, 2.24) is 5.32 Å². The highest BCUT2D eigenvalue weighted by atomic mass is 16.5. The number of hydrogen-bond acceptors (Lipinski definition) is 3. The van der Waals surface area contributed by atoms with Gasteiger partial charge < -0.3 is 15.8 Å². The zero-order valence-corrected chi connectivity index (χ0v) is 11.2. The maximum absolute atomic E-state index is 5.74. The molecule has 0 aromatic heterocycles. The Balaban J connectivity index is 1.60. The highest BCUT2D eigenvalue weighted by molar-refractivity contribution is 5.39. The molecule has 1 aliphatic rings. The van der Waals surface area contributed by atoms with Crippen molar-refractivity contribution in [3.05, 3.63) is 29.8 Å². The molecule has 0 radical (unpaired) electrons. The summed E-state index contributed by atoms with van der Waals surface area (Å²) in [6, 6.07) is 8.15. The molecule has 0 amide bonds. The Kier molecular flexibility index (Phi) is 4.61. The van der Waals surface area contributed by atoms with Gasteiger partial charge in [0.15, 0.2) is 0 Å². The molecule has 1 aromatic rings. The smallest absolute Gasteiger partial charge is 0.0779 e. The van der Waals surface area contributed by atoms with E-state index in [0.29, 0.717) is 0 Å². The first-order valence-corrected chi connectivity index (χ1v) is 6.87. The zero-order valence-electron chi connectivity index (χ0n) is 11.2. The molecule has 0 aliphatic carbocycles. The summed E-state index contributed by atoms with van der Waals surface area (Å²) in [6.45, 7) is 5.13. The number of nitrogen functional groups attached to an aromatic ring is 1. The molecular weight excluding hydrogens is 224 g/mol. The van der Waals surface area contributed by atoms with Crippen molar-refractivity contribution in [3.8, 4) is 0 Å². The topological polar surface area (TPSA) is 47.3 Å². The Morgan fingerprint density at radius 1 is 1.33 bits per heavy atom. The first-order chi connectivity index (χ1) is 8.68. The van der Waals surface area contributed by atoms with E-state index in [-0.39, 0.29) is 5.60 Å². The monoisotopic (exact) mass is 248 g/mol. The van der Waals surface area contributed by atoms with Gasteiger partial charge in [0.1, 0.15) is 0 Å². The van der Waals surface area contributed by atoms with Gasteiger partial charge in [-0.25, -0.2) is 0 Å². The van der Waals surface area contributed by atoms with Crippen LogP contribution in [0.4, 0.5) is 5.69 Å². The van der Waals surface area contributed by atoms with E-state index >= 15 is 0 Å². The van der Waals surface area contributed by atoms with Crippen molar-refractivity contribution >= 4 is 5.69 Å². The van der Waals surface area contributed by atoms with Crippen LogP contribution in [-0.4, -0.2) is 25.3 Å². The summed E-state index contributed by atoms with van der Waals surface area (Å²) in [5, 5.41) is 3.50. The normalized spacial score (nSPS) is 23.4. The molecule has 1 aromatic carbocycles. The first kappa shape index (κ1) is 13.4. The molecule has 100 valence electrons. The first-order valence-electron chi connectivity index (χ1n) is 6.87. The van der Waals surface area contributed by atoms with Gasteiger partial charge in [0.25, 0.3) is 0 Å². The Hall–Kier alpha value is -1.06. The summed E-state index contributed by atoms with van der Waals surface area (Å²) in [5.41, 5.74) is 7.92. The quantitative estimate of drug-likeness (QED) is 0.600. The molecule has 1 atom stereocenters. The summed E-state index contributed by atoms with van der Waals surface area (Å²) in [5.74, 6) is 0. The van der Waals surface area contributed by atoms with Crippen molar-refractivity contribution in [3.63, 3.8) is 0 Å². The van der Waals surface area contributed by atoms with E-state index < -0.39 is 0 Å². The molecular formula is C15H24N2O. The lowest BCUT2D eigenvalue weighted by Gasteiger charge is -2.23. The number of nitrogens with two attached hydrogens (primary N) is 1. The third-order valence-electron chi connectivity index (χ3n) is 3.60. The zero-order chi connectivity index (χ0) is 12.8. The van der Waals surface area contributed by atoms with E-state index in [2.05, 4.69) is 24.4 Å². The van der Waals surface area contributed by atoms with E-state index in [1.54, 1.807) is 0 Å². The fourth-order valence-corrected chi connectivity index (χ4v) is 2.43. The number of hydrogen-bond donors (Lipinski definition) is 2. The van der Waals surface area contributed by atoms with Gasteiger partial charge in [-0.15, -0.1) is 0 Å². The molecule has 0 spiro atoms. The van der Waals surface area contributed by atoms with E-state index in [4.69, 9.17) is 10.5 Å². The number of anilines is 1.